The maximum Gasteiger partial charge on any atom is 0.259 e. The van der Waals surface area contributed by atoms with E-state index < -0.39 is 0 Å². The Balaban J connectivity index is 0.000000189. The van der Waals surface area contributed by atoms with Crippen molar-refractivity contribution < 1.29 is 9.47 Å². The van der Waals surface area contributed by atoms with Crippen molar-refractivity contribution in [3.63, 3.8) is 0 Å². The molecule has 8 rings (SSSR count). The third kappa shape index (κ3) is 11.2. The number of rotatable bonds is 17. The molecule has 322 valence electrons. The number of H-pyrrole nitrogens is 2. The van der Waals surface area contributed by atoms with Gasteiger partial charge in [0, 0.05) is 0 Å². The Kier molecular flexibility index (Phi) is 15.3. The molecule has 0 bridgehead atoms. The van der Waals surface area contributed by atoms with Gasteiger partial charge in [-0.1, -0.05) is 137 Å². The number of hydrogen-bond donors (Lipinski definition) is 2. The van der Waals surface area contributed by atoms with Gasteiger partial charge in [-0.2, -0.15) is 0 Å². The van der Waals surface area contributed by atoms with Crippen molar-refractivity contribution in [1.82, 2.24) is 19.9 Å². The van der Waals surface area contributed by atoms with Gasteiger partial charge in [0.25, 0.3) is 11.1 Å². The first-order valence-corrected chi connectivity index (χ1v) is 22.4. The smallest absolute Gasteiger partial charge is 0.259 e. The van der Waals surface area contributed by atoms with Gasteiger partial charge in [-0.3, -0.25) is 9.59 Å². The molecule has 0 radical (unpaired) electrons. The Morgan fingerprint density at radius 3 is 1.40 bits per heavy atom. The summed E-state index contributed by atoms with van der Waals surface area (Å²) in [6.07, 6.45) is 6.99. The van der Waals surface area contributed by atoms with Crippen LogP contribution in [0.2, 0.25) is 0 Å². The van der Waals surface area contributed by atoms with Gasteiger partial charge in [-0.25, -0.2) is 9.97 Å². The minimum atomic E-state index is -0.123. The summed E-state index contributed by atoms with van der Waals surface area (Å²) in [5.74, 6) is 3.16. The van der Waals surface area contributed by atoms with Crippen LogP contribution in [0.15, 0.2) is 155 Å². The fourth-order valence-electron chi connectivity index (χ4n) is 8.01. The van der Waals surface area contributed by atoms with E-state index in [4.69, 9.17) is 19.4 Å². The molecular weight excluding hydrogens is 781 g/mol. The predicted molar refractivity (Wildman–Crippen MR) is 258 cm³/mol. The van der Waals surface area contributed by atoms with Crippen LogP contribution >= 0.6 is 0 Å². The molecule has 0 spiro atoms. The van der Waals surface area contributed by atoms with E-state index >= 15 is 0 Å². The first-order valence-electron chi connectivity index (χ1n) is 22.4. The quantitative estimate of drug-likeness (QED) is 0.0945. The second kappa shape index (κ2) is 21.8. The summed E-state index contributed by atoms with van der Waals surface area (Å²) < 4.78 is 11.8. The van der Waals surface area contributed by atoms with Gasteiger partial charge in [0.15, 0.2) is 0 Å². The summed E-state index contributed by atoms with van der Waals surface area (Å²) in [5.41, 5.74) is 7.84. The number of benzene rings is 6. The molecule has 6 aromatic carbocycles. The molecule has 0 aliphatic heterocycles. The molecule has 0 fully saturated rings. The molecule has 0 aliphatic rings. The molecule has 2 unspecified atom stereocenters. The second-order valence-electron chi connectivity index (χ2n) is 16.2. The Labute approximate surface area is 370 Å². The average Bonchev–Trinajstić information content (AvgIpc) is 3.32. The lowest BCUT2D eigenvalue weighted by Crippen LogP contribution is -2.12. The first kappa shape index (κ1) is 44.3. The fourth-order valence-corrected chi connectivity index (χ4v) is 8.01. The highest BCUT2D eigenvalue weighted by atomic mass is 16.5. The molecule has 8 heteroatoms. The standard InChI is InChI=1S/C28H30N2O2.C27H28N2O2/c1-3-19-32-25-18-8-7-15-23(25)27-29-26-22(16-10-17-24(26)28(31)30-27)20(2)11-9-14-21-12-5-4-6-13-21;1-3-18-31-24-15-8-7-12-22(24)26-28-25-21(13-9-14-23(25)27(30)29-26)19(2)16-17-20-10-5-4-6-11-20/h4-8,10,12-13,15-18,20H,3,9,11,14,19H2,1-2H3,(H,29,30,31);4-15,19H,3,16-18H2,1-2H3,(H,28,29,30). The molecule has 0 saturated carbocycles. The number of nitrogens with one attached hydrogen (secondary N) is 2. The molecule has 0 amide bonds. The SMILES string of the molecule is CCCOc1ccccc1-c1nc2c(C(C)CCCc3ccccc3)cccc2c(=O)[nH]1.CCCOc1ccccc1-c1nc2c(C(C)CCc3ccccc3)cccc2c(=O)[nH]1. The van der Waals surface area contributed by atoms with E-state index in [1.54, 1.807) is 0 Å². The highest BCUT2D eigenvalue weighted by molar-refractivity contribution is 5.84. The summed E-state index contributed by atoms with van der Waals surface area (Å²) in [4.78, 5) is 41.6. The number of nitrogens with zero attached hydrogens (tertiary/aromatic N) is 2. The number of aromatic nitrogens is 4. The van der Waals surface area contributed by atoms with Crippen LogP contribution in [0.25, 0.3) is 44.6 Å². The average molecular weight is 839 g/mol. The maximum absolute atomic E-state index is 12.9. The van der Waals surface area contributed by atoms with Crippen LogP contribution in [0.1, 0.15) is 93.9 Å². The van der Waals surface area contributed by atoms with Gasteiger partial charge >= 0.3 is 0 Å². The molecule has 0 saturated heterocycles. The zero-order valence-corrected chi connectivity index (χ0v) is 36.9. The summed E-state index contributed by atoms with van der Waals surface area (Å²) >= 11 is 0. The summed E-state index contributed by atoms with van der Waals surface area (Å²) in [6.45, 7) is 9.82. The van der Waals surface area contributed by atoms with Gasteiger partial charge in [0.1, 0.15) is 23.1 Å². The van der Waals surface area contributed by atoms with E-state index in [1.165, 1.54) is 11.1 Å². The van der Waals surface area contributed by atoms with Crippen molar-refractivity contribution >= 4 is 21.8 Å². The van der Waals surface area contributed by atoms with Crippen LogP contribution in [0.5, 0.6) is 11.5 Å². The Bertz CT molecular complexity index is 2840. The molecular formula is C55H58N4O4. The van der Waals surface area contributed by atoms with E-state index in [1.807, 2.05) is 78.9 Å². The third-order valence-corrected chi connectivity index (χ3v) is 11.5. The molecule has 8 aromatic rings. The minimum absolute atomic E-state index is 0.117. The number of ether oxygens (including phenoxy) is 2. The lowest BCUT2D eigenvalue weighted by atomic mass is 9.92. The topological polar surface area (TPSA) is 110 Å². The molecule has 2 aromatic heterocycles. The number of aromatic amines is 2. The van der Waals surface area contributed by atoms with Crippen molar-refractivity contribution in [2.24, 2.45) is 0 Å². The Morgan fingerprint density at radius 1 is 0.492 bits per heavy atom. The van der Waals surface area contributed by atoms with Crippen LogP contribution in [0.3, 0.4) is 0 Å². The van der Waals surface area contributed by atoms with Gasteiger partial charge < -0.3 is 19.4 Å². The number of fused-ring (bicyclic) bond motifs is 2. The van der Waals surface area contributed by atoms with Crippen molar-refractivity contribution in [1.29, 1.82) is 0 Å². The number of aryl methyl sites for hydroxylation is 2. The minimum Gasteiger partial charge on any atom is -0.493 e. The largest absolute Gasteiger partial charge is 0.493 e. The van der Waals surface area contributed by atoms with Crippen LogP contribution in [-0.4, -0.2) is 33.1 Å². The molecule has 8 nitrogen and oxygen atoms in total. The van der Waals surface area contributed by atoms with E-state index in [2.05, 4.69) is 104 Å². The van der Waals surface area contributed by atoms with Crippen molar-refractivity contribution in [3.05, 3.63) is 189 Å². The monoisotopic (exact) mass is 838 g/mol. The van der Waals surface area contributed by atoms with E-state index in [-0.39, 0.29) is 17.0 Å². The normalized spacial score (nSPS) is 12.1. The summed E-state index contributed by atoms with van der Waals surface area (Å²) in [5, 5.41) is 1.26. The summed E-state index contributed by atoms with van der Waals surface area (Å²) in [6, 6.07) is 48.4. The van der Waals surface area contributed by atoms with E-state index in [0.29, 0.717) is 41.6 Å². The molecule has 2 N–H and O–H groups in total. The van der Waals surface area contributed by atoms with Crippen molar-refractivity contribution in [2.75, 3.05) is 13.2 Å². The van der Waals surface area contributed by atoms with Gasteiger partial charge in [0.2, 0.25) is 0 Å². The zero-order valence-electron chi connectivity index (χ0n) is 36.9. The first-order chi connectivity index (χ1) is 30.8. The summed E-state index contributed by atoms with van der Waals surface area (Å²) in [7, 11) is 0. The van der Waals surface area contributed by atoms with Crippen molar-refractivity contribution in [3.8, 4) is 34.3 Å². The number of para-hydroxylation sites is 4. The zero-order chi connectivity index (χ0) is 44.0. The third-order valence-electron chi connectivity index (χ3n) is 11.5. The maximum atomic E-state index is 12.9. The Morgan fingerprint density at radius 2 is 0.921 bits per heavy atom. The van der Waals surface area contributed by atoms with Crippen LogP contribution in [-0.2, 0) is 12.8 Å². The van der Waals surface area contributed by atoms with Gasteiger partial charge in [-0.05, 0) is 115 Å². The lowest BCUT2D eigenvalue weighted by molar-refractivity contribution is 0.318. The predicted octanol–water partition coefficient (Wildman–Crippen LogP) is 12.6. The molecule has 2 heterocycles. The van der Waals surface area contributed by atoms with Crippen LogP contribution < -0.4 is 20.6 Å². The van der Waals surface area contributed by atoms with Gasteiger partial charge in [0.05, 0.1) is 46.1 Å². The fraction of sp³-hybridized carbons (Fsp3) is 0.273. The van der Waals surface area contributed by atoms with Crippen molar-refractivity contribution in [2.45, 2.75) is 84.5 Å². The highest BCUT2D eigenvalue weighted by Gasteiger charge is 2.18. The lowest BCUT2D eigenvalue weighted by Gasteiger charge is -2.15. The molecule has 0 aliphatic carbocycles. The van der Waals surface area contributed by atoms with E-state index in [0.717, 1.165) is 89.7 Å². The molecule has 2 atom stereocenters. The highest BCUT2D eigenvalue weighted by Crippen LogP contribution is 2.33. The van der Waals surface area contributed by atoms with Crippen LogP contribution in [0.4, 0.5) is 0 Å². The molecule has 63 heavy (non-hydrogen) atoms. The van der Waals surface area contributed by atoms with Crippen LogP contribution in [0, 0.1) is 0 Å². The van der Waals surface area contributed by atoms with Gasteiger partial charge in [-0.15, -0.1) is 0 Å². The number of hydrogen-bond acceptors (Lipinski definition) is 6. The van der Waals surface area contributed by atoms with E-state index in [9.17, 15) is 9.59 Å². The Hall–Kier alpha value is -6.80. The second-order valence-corrected chi connectivity index (χ2v) is 16.2.